The van der Waals surface area contributed by atoms with Gasteiger partial charge in [-0.3, -0.25) is 4.79 Å². The van der Waals surface area contributed by atoms with Crippen LogP contribution in [0.5, 0.6) is 0 Å². The van der Waals surface area contributed by atoms with Crippen LogP contribution in [0.2, 0.25) is 0 Å². The Morgan fingerprint density at radius 2 is 1.46 bits per heavy atom. The van der Waals surface area contributed by atoms with E-state index in [-0.39, 0.29) is 17.5 Å². The number of nitrogens with zero attached hydrogens (tertiary/aromatic N) is 1. The first-order valence-electron chi connectivity index (χ1n) is 9.32. The summed E-state index contributed by atoms with van der Waals surface area (Å²) < 4.78 is 0. The SMILES string of the molecule is CN(C)Cc1ccc(CNC(=O)Nc2ccc(C(=O)NC(C)(C)C)cc2)cc1. The van der Waals surface area contributed by atoms with E-state index in [0.29, 0.717) is 17.8 Å². The number of rotatable bonds is 6. The van der Waals surface area contributed by atoms with Crippen LogP contribution in [0, 0.1) is 0 Å². The van der Waals surface area contributed by atoms with E-state index in [1.807, 2.05) is 47.0 Å². The quantitative estimate of drug-likeness (QED) is 0.715. The van der Waals surface area contributed by atoms with E-state index in [4.69, 9.17) is 0 Å². The van der Waals surface area contributed by atoms with Crippen molar-refractivity contribution in [1.82, 2.24) is 15.5 Å². The summed E-state index contributed by atoms with van der Waals surface area (Å²) in [4.78, 5) is 26.3. The van der Waals surface area contributed by atoms with Crippen molar-refractivity contribution >= 4 is 17.6 Å². The van der Waals surface area contributed by atoms with Crippen molar-refractivity contribution in [2.45, 2.75) is 39.4 Å². The molecular weight excluding hydrogens is 352 g/mol. The number of carbonyl (C=O) groups is 2. The number of amides is 3. The zero-order valence-electron chi connectivity index (χ0n) is 17.3. The van der Waals surface area contributed by atoms with Crippen LogP contribution < -0.4 is 16.0 Å². The number of benzene rings is 2. The minimum Gasteiger partial charge on any atom is -0.347 e. The van der Waals surface area contributed by atoms with Crippen molar-refractivity contribution in [2.75, 3.05) is 19.4 Å². The zero-order valence-corrected chi connectivity index (χ0v) is 17.3. The molecule has 0 saturated carbocycles. The van der Waals surface area contributed by atoms with Crippen LogP contribution in [-0.4, -0.2) is 36.5 Å². The smallest absolute Gasteiger partial charge is 0.319 e. The molecule has 0 unspecified atom stereocenters. The zero-order chi connectivity index (χ0) is 20.7. The Bertz CT molecular complexity index is 791. The lowest BCUT2D eigenvalue weighted by Crippen LogP contribution is -2.40. The second kappa shape index (κ2) is 9.37. The number of hydrogen-bond acceptors (Lipinski definition) is 3. The molecule has 0 spiro atoms. The Kier molecular flexibility index (Phi) is 7.18. The van der Waals surface area contributed by atoms with Gasteiger partial charge in [0.05, 0.1) is 0 Å². The minimum atomic E-state index is -0.293. The van der Waals surface area contributed by atoms with Crippen LogP contribution in [0.4, 0.5) is 10.5 Å². The van der Waals surface area contributed by atoms with Gasteiger partial charge in [-0.2, -0.15) is 0 Å². The topological polar surface area (TPSA) is 73.5 Å². The van der Waals surface area contributed by atoms with Crippen LogP contribution >= 0.6 is 0 Å². The molecule has 0 aliphatic carbocycles. The summed E-state index contributed by atoms with van der Waals surface area (Å²) in [6.07, 6.45) is 0. The molecular formula is C22H30N4O2. The Morgan fingerprint density at radius 1 is 0.893 bits per heavy atom. The molecule has 3 amide bonds. The summed E-state index contributed by atoms with van der Waals surface area (Å²) >= 11 is 0. The molecule has 0 atom stereocenters. The maximum Gasteiger partial charge on any atom is 0.319 e. The molecule has 0 bridgehead atoms. The van der Waals surface area contributed by atoms with Crippen molar-refractivity contribution in [3.8, 4) is 0 Å². The van der Waals surface area contributed by atoms with E-state index >= 15 is 0 Å². The van der Waals surface area contributed by atoms with Gasteiger partial charge in [0.15, 0.2) is 0 Å². The first kappa shape index (κ1) is 21.4. The summed E-state index contributed by atoms with van der Waals surface area (Å²) in [6, 6.07) is 14.7. The van der Waals surface area contributed by atoms with Crippen molar-refractivity contribution in [3.63, 3.8) is 0 Å². The van der Waals surface area contributed by atoms with Gasteiger partial charge in [-0.15, -0.1) is 0 Å². The molecule has 2 aromatic rings. The Balaban J connectivity index is 1.83. The molecule has 28 heavy (non-hydrogen) atoms. The molecule has 2 aromatic carbocycles. The minimum absolute atomic E-state index is 0.138. The van der Waals surface area contributed by atoms with Gasteiger partial charge in [-0.1, -0.05) is 24.3 Å². The average molecular weight is 383 g/mol. The molecule has 6 heteroatoms. The molecule has 150 valence electrons. The van der Waals surface area contributed by atoms with E-state index in [1.54, 1.807) is 24.3 Å². The summed E-state index contributed by atoms with van der Waals surface area (Å²) in [6.45, 7) is 7.13. The fourth-order valence-electron chi connectivity index (χ4n) is 2.60. The van der Waals surface area contributed by atoms with Gasteiger partial charge in [0, 0.05) is 29.9 Å². The largest absolute Gasteiger partial charge is 0.347 e. The van der Waals surface area contributed by atoms with Gasteiger partial charge in [0.1, 0.15) is 0 Å². The van der Waals surface area contributed by atoms with Gasteiger partial charge >= 0.3 is 6.03 Å². The fourth-order valence-corrected chi connectivity index (χ4v) is 2.60. The number of nitrogens with one attached hydrogen (secondary N) is 3. The number of carbonyl (C=O) groups excluding carboxylic acids is 2. The summed E-state index contributed by atoms with van der Waals surface area (Å²) in [7, 11) is 4.06. The predicted molar refractivity (Wildman–Crippen MR) is 113 cm³/mol. The first-order valence-corrected chi connectivity index (χ1v) is 9.32. The number of anilines is 1. The highest BCUT2D eigenvalue weighted by Crippen LogP contribution is 2.11. The van der Waals surface area contributed by atoms with Gasteiger partial charge < -0.3 is 20.9 Å². The third-order valence-corrected chi connectivity index (χ3v) is 3.87. The first-order chi connectivity index (χ1) is 13.1. The lowest BCUT2D eigenvalue weighted by atomic mass is 10.1. The maximum atomic E-state index is 12.1. The Labute approximate surface area is 167 Å². The van der Waals surface area contributed by atoms with Crippen LogP contribution in [0.3, 0.4) is 0 Å². The van der Waals surface area contributed by atoms with E-state index < -0.39 is 0 Å². The van der Waals surface area contributed by atoms with Gasteiger partial charge in [0.2, 0.25) is 0 Å². The fraction of sp³-hybridized carbons (Fsp3) is 0.364. The highest BCUT2D eigenvalue weighted by atomic mass is 16.2. The van der Waals surface area contributed by atoms with Crippen LogP contribution in [0.25, 0.3) is 0 Å². The Morgan fingerprint density at radius 3 is 2.00 bits per heavy atom. The monoisotopic (exact) mass is 382 g/mol. The molecule has 2 rings (SSSR count). The molecule has 0 aliphatic rings. The van der Waals surface area contributed by atoms with Gasteiger partial charge in [0.25, 0.3) is 5.91 Å². The molecule has 0 fully saturated rings. The second-order valence-corrected chi connectivity index (χ2v) is 8.14. The summed E-state index contributed by atoms with van der Waals surface area (Å²) in [5.74, 6) is -0.138. The van der Waals surface area contributed by atoms with E-state index in [0.717, 1.165) is 12.1 Å². The van der Waals surface area contributed by atoms with Crippen molar-refractivity contribution in [2.24, 2.45) is 0 Å². The summed E-state index contributed by atoms with van der Waals surface area (Å²) in [5, 5.41) is 8.52. The van der Waals surface area contributed by atoms with E-state index in [1.165, 1.54) is 5.56 Å². The Hall–Kier alpha value is -2.86. The van der Waals surface area contributed by atoms with Crippen LogP contribution in [0.15, 0.2) is 48.5 Å². The van der Waals surface area contributed by atoms with Crippen molar-refractivity contribution in [3.05, 3.63) is 65.2 Å². The molecule has 0 aromatic heterocycles. The lowest BCUT2D eigenvalue weighted by molar-refractivity contribution is 0.0919. The van der Waals surface area contributed by atoms with E-state index in [2.05, 4.69) is 33.0 Å². The molecule has 0 aliphatic heterocycles. The molecule has 0 radical (unpaired) electrons. The van der Waals surface area contributed by atoms with Gasteiger partial charge in [-0.05, 0) is 70.3 Å². The number of urea groups is 1. The normalized spacial score (nSPS) is 11.2. The highest BCUT2D eigenvalue weighted by Gasteiger charge is 2.15. The summed E-state index contributed by atoms with van der Waals surface area (Å²) in [5.41, 5.74) is 3.16. The molecule has 0 heterocycles. The molecule has 3 N–H and O–H groups in total. The van der Waals surface area contributed by atoms with Gasteiger partial charge in [-0.25, -0.2) is 4.79 Å². The average Bonchev–Trinajstić information content (AvgIpc) is 2.60. The highest BCUT2D eigenvalue weighted by molar-refractivity contribution is 5.95. The molecule has 0 saturated heterocycles. The second-order valence-electron chi connectivity index (χ2n) is 8.14. The third-order valence-electron chi connectivity index (χ3n) is 3.87. The van der Waals surface area contributed by atoms with Crippen molar-refractivity contribution in [1.29, 1.82) is 0 Å². The van der Waals surface area contributed by atoms with Crippen molar-refractivity contribution < 1.29 is 9.59 Å². The predicted octanol–water partition coefficient (Wildman–Crippen LogP) is 3.60. The molecule has 6 nitrogen and oxygen atoms in total. The van der Waals surface area contributed by atoms with Crippen LogP contribution in [0.1, 0.15) is 42.3 Å². The standard InChI is InChI=1S/C22H30N4O2/c1-22(2,3)25-20(27)18-10-12-19(13-11-18)24-21(28)23-14-16-6-8-17(9-7-16)15-26(4)5/h6-13H,14-15H2,1-5H3,(H,25,27)(H2,23,24,28). The maximum absolute atomic E-state index is 12.1. The third kappa shape index (κ3) is 7.40. The lowest BCUT2D eigenvalue weighted by Gasteiger charge is -2.20. The van der Waals surface area contributed by atoms with Crippen LogP contribution in [-0.2, 0) is 13.1 Å². The number of hydrogen-bond donors (Lipinski definition) is 3. The van der Waals surface area contributed by atoms with E-state index in [9.17, 15) is 9.59 Å².